The van der Waals surface area contributed by atoms with E-state index in [2.05, 4.69) is 48.3 Å². The lowest BCUT2D eigenvalue weighted by Crippen LogP contribution is -2.34. The number of fused-ring (bicyclic) bond motifs is 1. The van der Waals surface area contributed by atoms with Crippen LogP contribution in [0, 0.1) is 5.92 Å². The van der Waals surface area contributed by atoms with Gasteiger partial charge in [0.05, 0.1) is 0 Å². The maximum Gasteiger partial charge on any atom is 0.0369 e. The van der Waals surface area contributed by atoms with Crippen LogP contribution in [0.2, 0.25) is 0 Å². The molecular formula is C18H28N2. The van der Waals surface area contributed by atoms with E-state index in [0.29, 0.717) is 6.04 Å². The largest absolute Gasteiger partial charge is 0.368 e. The third-order valence-electron chi connectivity index (χ3n) is 5.25. The van der Waals surface area contributed by atoms with Gasteiger partial charge < -0.3 is 10.2 Å². The van der Waals surface area contributed by atoms with E-state index in [0.717, 1.165) is 18.5 Å². The van der Waals surface area contributed by atoms with Gasteiger partial charge in [0, 0.05) is 24.3 Å². The van der Waals surface area contributed by atoms with Gasteiger partial charge in [-0.25, -0.2) is 0 Å². The Morgan fingerprint density at radius 2 is 1.90 bits per heavy atom. The monoisotopic (exact) mass is 272 g/mol. The molecule has 0 bridgehead atoms. The standard InChI is InChI=1S/C18H28N2/c1-3-19-14(2)15-8-10-17(11-9-15)20-13-12-16-6-4-5-7-18(16)20/h8-11,14,16,18-19H,3-7,12-13H2,1-2H3. The molecule has 1 aliphatic carbocycles. The summed E-state index contributed by atoms with van der Waals surface area (Å²) in [5.74, 6) is 0.962. The third-order valence-corrected chi connectivity index (χ3v) is 5.25. The quantitative estimate of drug-likeness (QED) is 0.886. The molecule has 0 amide bonds. The molecule has 2 fully saturated rings. The van der Waals surface area contributed by atoms with Gasteiger partial charge in [-0.1, -0.05) is 31.9 Å². The van der Waals surface area contributed by atoms with Crippen LogP contribution in [0.4, 0.5) is 5.69 Å². The zero-order chi connectivity index (χ0) is 13.9. The van der Waals surface area contributed by atoms with Crippen molar-refractivity contribution in [3.63, 3.8) is 0 Å². The Hall–Kier alpha value is -1.02. The summed E-state index contributed by atoms with van der Waals surface area (Å²) < 4.78 is 0. The van der Waals surface area contributed by atoms with Crippen LogP contribution >= 0.6 is 0 Å². The summed E-state index contributed by atoms with van der Waals surface area (Å²) in [6.07, 6.45) is 7.14. The first-order chi connectivity index (χ1) is 9.79. The number of anilines is 1. The fraction of sp³-hybridized carbons (Fsp3) is 0.667. The summed E-state index contributed by atoms with van der Waals surface area (Å²) in [5.41, 5.74) is 2.84. The van der Waals surface area contributed by atoms with E-state index in [-0.39, 0.29) is 0 Å². The fourth-order valence-corrected chi connectivity index (χ4v) is 4.10. The molecule has 0 radical (unpaired) electrons. The fourth-order valence-electron chi connectivity index (χ4n) is 4.10. The molecule has 2 aliphatic rings. The number of hydrogen-bond acceptors (Lipinski definition) is 2. The Bertz CT molecular complexity index is 426. The van der Waals surface area contributed by atoms with Gasteiger partial charge in [0.2, 0.25) is 0 Å². The predicted molar refractivity (Wildman–Crippen MR) is 86.2 cm³/mol. The van der Waals surface area contributed by atoms with Crippen LogP contribution < -0.4 is 10.2 Å². The van der Waals surface area contributed by atoms with Crippen molar-refractivity contribution in [1.29, 1.82) is 0 Å². The molecule has 1 aromatic rings. The summed E-state index contributed by atoms with van der Waals surface area (Å²) >= 11 is 0. The van der Waals surface area contributed by atoms with Gasteiger partial charge in [-0.05, 0) is 56.3 Å². The Labute approximate surface area is 123 Å². The Balaban J connectivity index is 1.71. The van der Waals surface area contributed by atoms with E-state index in [9.17, 15) is 0 Å². The molecular weight excluding hydrogens is 244 g/mol. The molecule has 20 heavy (non-hydrogen) atoms. The summed E-state index contributed by atoms with van der Waals surface area (Å²) in [5, 5.41) is 3.48. The van der Waals surface area contributed by atoms with Gasteiger partial charge in [-0.3, -0.25) is 0 Å². The van der Waals surface area contributed by atoms with Crippen LogP contribution in [0.3, 0.4) is 0 Å². The average Bonchev–Trinajstić information content (AvgIpc) is 2.92. The van der Waals surface area contributed by atoms with Crippen molar-refractivity contribution in [1.82, 2.24) is 5.32 Å². The second kappa shape index (κ2) is 6.17. The first-order valence-corrected chi connectivity index (χ1v) is 8.39. The summed E-state index contributed by atoms with van der Waals surface area (Å²) in [7, 11) is 0. The van der Waals surface area contributed by atoms with Crippen molar-refractivity contribution in [2.45, 2.75) is 58.0 Å². The summed E-state index contributed by atoms with van der Waals surface area (Å²) in [6.45, 7) is 6.69. The van der Waals surface area contributed by atoms with E-state index in [4.69, 9.17) is 0 Å². The Morgan fingerprint density at radius 3 is 2.65 bits per heavy atom. The van der Waals surface area contributed by atoms with Crippen molar-refractivity contribution in [3.8, 4) is 0 Å². The zero-order valence-corrected chi connectivity index (χ0v) is 12.9. The number of benzene rings is 1. The van der Waals surface area contributed by atoms with Crippen LogP contribution in [-0.4, -0.2) is 19.1 Å². The van der Waals surface area contributed by atoms with Gasteiger partial charge in [0.25, 0.3) is 0 Å². The van der Waals surface area contributed by atoms with Crippen molar-refractivity contribution >= 4 is 5.69 Å². The molecule has 0 spiro atoms. The molecule has 1 saturated carbocycles. The topological polar surface area (TPSA) is 15.3 Å². The maximum atomic E-state index is 3.48. The van der Waals surface area contributed by atoms with Crippen LogP contribution in [0.1, 0.15) is 57.6 Å². The Kier molecular flexibility index (Phi) is 4.30. The van der Waals surface area contributed by atoms with Crippen molar-refractivity contribution in [2.24, 2.45) is 5.92 Å². The molecule has 2 nitrogen and oxygen atoms in total. The molecule has 1 heterocycles. The van der Waals surface area contributed by atoms with Gasteiger partial charge in [0.1, 0.15) is 0 Å². The third kappa shape index (κ3) is 2.71. The van der Waals surface area contributed by atoms with E-state index in [1.807, 2.05) is 0 Å². The number of rotatable bonds is 4. The molecule has 2 heteroatoms. The lowest BCUT2D eigenvalue weighted by molar-refractivity contribution is 0.342. The predicted octanol–water partition coefficient (Wildman–Crippen LogP) is 4.13. The molecule has 110 valence electrons. The highest BCUT2D eigenvalue weighted by Gasteiger charge is 2.35. The average molecular weight is 272 g/mol. The van der Waals surface area contributed by atoms with Crippen LogP contribution in [0.25, 0.3) is 0 Å². The molecule has 3 atom stereocenters. The minimum atomic E-state index is 0.454. The normalized spacial score (nSPS) is 27.4. The molecule has 1 N–H and O–H groups in total. The lowest BCUT2D eigenvalue weighted by atomic mass is 9.85. The van der Waals surface area contributed by atoms with E-state index in [1.165, 1.54) is 49.9 Å². The van der Waals surface area contributed by atoms with Gasteiger partial charge in [0.15, 0.2) is 0 Å². The molecule has 3 unspecified atom stereocenters. The zero-order valence-electron chi connectivity index (χ0n) is 12.9. The molecule has 1 aliphatic heterocycles. The highest BCUT2D eigenvalue weighted by molar-refractivity contribution is 5.50. The van der Waals surface area contributed by atoms with Gasteiger partial charge in [-0.15, -0.1) is 0 Å². The molecule has 0 aromatic heterocycles. The minimum Gasteiger partial charge on any atom is -0.368 e. The molecule has 1 saturated heterocycles. The van der Waals surface area contributed by atoms with Crippen molar-refractivity contribution < 1.29 is 0 Å². The van der Waals surface area contributed by atoms with E-state index < -0.39 is 0 Å². The lowest BCUT2D eigenvalue weighted by Gasteiger charge is -2.33. The first kappa shape index (κ1) is 13.9. The Morgan fingerprint density at radius 1 is 1.15 bits per heavy atom. The SMILES string of the molecule is CCNC(C)c1ccc(N2CCC3CCCCC32)cc1. The smallest absolute Gasteiger partial charge is 0.0369 e. The minimum absolute atomic E-state index is 0.454. The van der Waals surface area contributed by atoms with Crippen LogP contribution in [0.5, 0.6) is 0 Å². The number of nitrogens with one attached hydrogen (secondary N) is 1. The van der Waals surface area contributed by atoms with Crippen molar-refractivity contribution in [2.75, 3.05) is 18.0 Å². The van der Waals surface area contributed by atoms with Crippen LogP contribution in [0.15, 0.2) is 24.3 Å². The van der Waals surface area contributed by atoms with Gasteiger partial charge in [-0.2, -0.15) is 0 Å². The molecule has 1 aromatic carbocycles. The highest BCUT2D eigenvalue weighted by Crippen LogP contribution is 2.38. The number of hydrogen-bond donors (Lipinski definition) is 1. The second-order valence-electron chi connectivity index (χ2n) is 6.46. The second-order valence-corrected chi connectivity index (χ2v) is 6.46. The maximum absolute atomic E-state index is 3.48. The summed E-state index contributed by atoms with van der Waals surface area (Å²) in [6, 6.07) is 10.5. The van der Waals surface area contributed by atoms with E-state index >= 15 is 0 Å². The summed E-state index contributed by atoms with van der Waals surface area (Å²) in [4.78, 5) is 2.67. The molecule has 3 rings (SSSR count). The van der Waals surface area contributed by atoms with E-state index in [1.54, 1.807) is 0 Å². The first-order valence-electron chi connectivity index (χ1n) is 8.39. The number of nitrogens with zero attached hydrogens (tertiary/aromatic N) is 1. The van der Waals surface area contributed by atoms with Gasteiger partial charge >= 0.3 is 0 Å². The van der Waals surface area contributed by atoms with Crippen LogP contribution in [-0.2, 0) is 0 Å². The van der Waals surface area contributed by atoms with Crippen molar-refractivity contribution in [3.05, 3.63) is 29.8 Å². The highest BCUT2D eigenvalue weighted by atomic mass is 15.2.